The maximum Gasteiger partial charge on any atom is 0.328 e. The molecule has 33 heavy (non-hydrogen) atoms. The van der Waals surface area contributed by atoms with Gasteiger partial charge < -0.3 is 14.5 Å². The predicted octanol–water partition coefficient (Wildman–Crippen LogP) is 2.93. The molecule has 3 saturated heterocycles. The lowest BCUT2D eigenvalue weighted by Crippen LogP contribution is -2.66. The standard InChI is InChI=1S/C24H28ClN5O3/c1-3-33-18-11-9-17(10-12-18)28-13-6-14-29-20-21(26-23(28)29)27(2)24(32)30(22(20)31)15-16-7-4-5-8-19(16)25/h4-5,7-12,20-21,23,26H,3,6,13-15H2,1-2H3. The first-order valence-electron chi connectivity index (χ1n) is 11.3. The van der Waals surface area contributed by atoms with Gasteiger partial charge in [0.25, 0.3) is 5.91 Å². The molecule has 0 bridgehead atoms. The Kier molecular flexibility index (Phi) is 5.90. The van der Waals surface area contributed by atoms with Crippen LogP contribution in [0.4, 0.5) is 10.5 Å². The molecule has 2 aromatic carbocycles. The van der Waals surface area contributed by atoms with Crippen LogP contribution < -0.4 is 15.0 Å². The predicted molar refractivity (Wildman–Crippen MR) is 126 cm³/mol. The van der Waals surface area contributed by atoms with Gasteiger partial charge in [0, 0.05) is 30.8 Å². The quantitative estimate of drug-likeness (QED) is 0.726. The number of benzene rings is 2. The average molecular weight is 470 g/mol. The molecule has 174 valence electrons. The van der Waals surface area contributed by atoms with E-state index in [1.165, 1.54) is 4.90 Å². The van der Waals surface area contributed by atoms with E-state index in [2.05, 4.69) is 15.1 Å². The molecule has 5 rings (SSSR count). The zero-order valence-corrected chi connectivity index (χ0v) is 19.5. The lowest BCUT2D eigenvalue weighted by atomic mass is 10.1. The fourth-order valence-corrected chi connectivity index (χ4v) is 5.22. The molecule has 0 saturated carbocycles. The van der Waals surface area contributed by atoms with Crippen LogP contribution in [0.15, 0.2) is 48.5 Å². The molecule has 3 atom stereocenters. The highest BCUT2D eigenvalue weighted by atomic mass is 35.5. The number of fused-ring (bicyclic) bond motifs is 3. The molecule has 8 nitrogen and oxygen atoms in total. The summed E-state index contributed by atoms with van der Waals surface area (Å²) in [5, 5.41) is 4.09. The second-order valence-electron chi connectivity index (χ2n) is 8.55. The number of hydrogen-bond donors (Lipinski definition) is 1. The second kappa shape index (κ2) is 8.85. The highest BCUT2D eigenvalue weighted by Gasteiger charge is 2.56. The monoisotopic (exact) mass is 469 g/mol. The van der Waals surface area contributed by atoms with Gasteiger partial charge in [-0.1, -0.05) is 29.8 Å². The van der Waals surface area contributed by atoms with E-state index in [1.54, 1.807) is 18.0 Å². The Morgan fingerprint density at radius 1 is 1.09 bits per heavy atom. The minimum Gasteiger partial charge on any atom is -0.494 e. The van der Waals surface area contributed by atoms with Crippen LogP contribution in [0.5, 0.6) is 5.75 Å². The number of anilines is 1. The molecule has 3 unspecified atom stereocenters. The lowest BCUT2D eigenvalue weighted by Gasteiger charge is -2.44. The van der Waals surface area contributed by atoms with Crippen molar-refractivity contribution in [2.75, 3.05) is 31.6 Å². The molecule has 1 N–H and O–H groups in total. The normalized spacial score (nSPS) is 25.3. The van der Waals surface area contributed by atoms with E-state index in [0.717, 1.165) is 36.5 Å². The molecule has 2 aromatic rings. The third-order valence-corrected chi connectivity index (χ3v) is 7.00. The van der Waals surface area contributed by atoms with E-state index in [-0.39, 0.29) is 30.9 Å². The summed E-state index contributed by atoms with van der Waals surface area (Å²) in [6, 6.07) is 14.6. The fraction of sp³-hybridized carbons (Fsp3) is 0.417. The van der Waals surface area contributed by atoms with Gasteiger partial charge in [0.1, 0.15) is 24.2 Å². The summed E-state index contributed by atoms with van der Waals surface area (Å²) in [5.41, 5.74) is 1.80. The highest BCUT2D eigenvalue weighted by molar-refractivity contribution is 6.31. The van der Waals surface area contributed by atoms with E-state index in [1.807, 2.05) is 49.4 Å². The number of carbonyl (C=O) groups excluding carboxylic acids is 2. The Bertz CT molecular complexity index is 1050. The molecule has 3 heterocycles. The zero-order valence-electron chi connectivity index (χ0n) is 18.8. The largest absolute Gasteiger partial charge is 0.494 e. The number of carbonyl (C=O) groups is 2. The first kappa shape index (κ1) is 22.0. The Hall–Kier alpha value is -2.81. The Balaban J connectivity index is 1.41. The van der Waals surface area contributed by atoms with Gasteiger partial charge in [-0.15, -0.1) is 0 Å². The number of urea groups is 1. The van der Waals surface area contributed by atoms with E-state index in [4.69, 9.17) is 16.3 Å². The number of nitrogens with zero attached hydrogens (tertiary/aromatic N) is 4. The van der Waals surface area contributed by atoms with Gasteiger partial charge >= 0.3 is 6.03 Å². The van der Waals surface area contributed by atoms with E-state index in [9.17, 15) is 9.59 Å². The maximum atomic E-state index is 13.6. The Morgan fingerprint density at radius 3 is 2.58 bits per heavy atom. The first-order chi connectivity index (χ1) is 16.0. The van der Waals surface area contributed by atoms with Crippen molar-refractivity contribution < 1.29 is 14.3 Å². The number of hydrogen-bond acceptors (Lipinski definition) is 6. The number of imide groups is 1. The van der Waals surface area contributed by atoms with Crippen molar-refractivity contribution in [3.8, 4) is 5.75 Å². The number of rotatable bonds is 5. The van der Waals surface area contributed by atoms with Crippen molar-refractivity contribution in [1.29, 1.82) is 0 Å². The minimum absolute atomic E-state index is 0.159. The van der Waals surface area contributed by atoms with Crippen LogP contribution in [0, 0.1) is 0 Å². The summed E-state index contributed by atoms with van der Waals surface area (Å²) in [5.74, 6) is 0.644. The molecular formula is C24H28ClN5O3. The average Bonchev–Trinajstić information content (AvgIpc) is 3.22. The van der Waals surface area contributed by atoms with Crippen molar-refractivity contribution >= 4 is 29.2 Å². The zero-order chi connectivity index (χ0) is 23.1. The third-order valence-electron chi connectivity index (χ3n) is 6.64. The Labute approximate surface area is 198 Å². The molecule has 3 aliphatic rings. The van der Waals surface area contributed by atoms with Gasteiger partial charge in [-0.05, 0) is 49.2 Å². The second-order valence-corrected chi connectivity index (χ2v) is 8.96. The van der Waals surface area contributed by atoms with Crippen LogP contribution in [-0.4, -0.2) is 71.9 Å². The molecule has 3 aliphatic heterocycles. The van der Waals surface area contributed by atoms with Crippen molar-refractivity contribution in [1.82, 2.24) is 20.0 Å². The highest BCUT2D eigenvalue weighted by Crippen LogP contribution is 2.34. The number of amides is 3. The molecule has 0 aromatic heterocycles. The van der Waals surface area contributed by atoms with Gasteiger partial charge in [-0.2, -0.15) is 0 Å². The SMILES string of the molecule is CCOc1ccc(N2CCCN3C4C(=O)N(Cc5ccccc5Cl)C(=O)N(C)C4NC23)cc1. The molecule has 0 aliphatic carbocycles. The van der Waals surface area contributed by atoms with Crippen LogP contribution >= 0.6 is 11.6 Å². The fourth-order valence-electron chi connectivity index (χ4n) is 5.03. The van der Waals surface area contributed by atoms with Crippen molar-refractivity contribution in [2.24, 2.45) is 0 Å². The van der Waals surface area contributed by atoms with Crippen LogP contribution in [-0.2, 0) is 11.3 Å². The topological polar surface area (TPSA) is 68.4 Å². The summed E-state index contributed by atoms with van der Waals surface area (Å²) in [4.78, 5) is 34.1. The summed E-state index contributed by atoms with van der Waals surface area (Å²) < 4.78 is 5.57. The van der Waals surface area contributed by atoms with Gasteiger partial charge in [-0.3, -0.25) is 19.9 Å². The lowest BCUT2D eigenvalue weighted by molar-refractivity contribution is -0.139. The first-order valence-corrected chi connectivity index (χ1v) is 11.7. The molecular weight excluding hydrogens is 442 g/mol. The van der Waals surface area contributed by atoms with Crippen molar-refractivity contribution in [3.63, 3.8) is 0 Å². The molecule has 3 amide bonds. The number of ether oxygens (including phenoxy) is 1. The van der Waals surface area contributed by atoms with Crippen molar-refractivity contribution in [2.45, 2.75) is 38.4 Å². The van der Waals surface area contributed by atoms with Crippen LogP contribution in [0.3, 0.4) is 0 Å². The smallest absolute Gasteiger partial charge is 0.328 e. The summed E-state index contributed by atoms with van der Waals surface area (Å²) in [7, 11) is 1.75. The summed E-state index contributed by atoms with van der Waals surface area (Å²) in [6.45, 7) is 4.38. The van der Waals surface area contributed by atoms with Gasteiger partial charge in [-0.25, -0.2) is 4.79 Å². The van der Waals surface area contributed by atoms with Gasteiger partial charge in [0.15, 0.2) is 0 Å². The summed E-state index contributed by atoms with van der Waals surface area (Å²) in [6.07, 6.45) is 0.358. The van der Waals surface area contributed by atoms with Gasteiger partial charge in [0.2, 0.25) is 0 Å². The van der Waals surface area contributed by atoms with E-state index < -0.39 is 6.04 Å². The Morgan fingerprint density at radius 2 is 1.85 bits per heavy atom. The molecule has 0 spiro atoms. The van der Waals surface area contributed by atoms with Crippen LogP contribution in [0.25, 0.3) is 0 Å². The summed E-state index contributed by atoms with van der Waals surface area (Å²) >= 11 is 6.31. The van der Waals surface area contributed by atoms with Crippen LogP contribution in [0.2, 0.25) is 5.02 Å². The molecule has 0 radical (unpaired) electrons. The molecule has 9 heteroatoms. The van der Waals surface area contributed by atoms with Gasteiger partial charge in [0.05, 0.1) is 13.2 Å². The number of nitrogens with one attached hydrogen (secondary N) is 1. The third kappa shape index (κ3) is 3.82. The number of likely N-dealkylation sites (N-methyl/N-ethyl adjacent to an activating group) is 1. The number of halogens is 1. The van der Waals surface area contributed by atoms with Crippen molar-refractivity contribution in [3.05, 3.63) is 59.1 Å². The minimum atomic E-state index is -0.453. The maximum absolute atomic E-state index is 13.6. The van der Waals surface area contributed by atoms with E-state index >= 15 is 0 Å². The molecule has 3 fully saturated rings. The van der Waals surface area contributed by atoms with Crippen LogP contribution in [0.1, 0.15) is 18.9 Å². The van der Waals surface area contributed by atoms with E-state index in [0.29, 0.717) is 11.6 Å².